The fourth-order valence-electron chi connectivity index (χ4n) is 1.99. The third-order valence-corrected chi connectivity index (χ3v) is 2.72. The molecule has 0 aliphatic rings. The Morgan fingerprint density at radius 2 is 1.87 bits per heavy atom. The molecule has 0 aliphatic heterocycles. The van der Waals surface area contributed by atoms with Crippen LogP contribution in [0.3, 0.4) is 0 Å². The van der Waals surface area contributed by atoms with E-state index in [-0.39, 0.29) is 0 Å². The van der Waals surface area contributed by atoms with Crippen LogP contribution in [0.4, 0.5) is 5.69 Å². The minimum atomic E-state index is 0.506. The van der Waals surface area contributed by atoms with Crippen LogP contribution in [0.2, 0.25) is 0 Å². The lowest BCUT2D eigenvalue weighted by molar-refractivity contribution is 0.539. The molecule has 3 heteroatoms. The SMILES string of the molecule is Cc1nn(C)c(C)c1NC(C)CC(C)C. The summed E-state index contributed by atoms with van der Waals surface area (Å²) in [6.07, 6.45) is 1.19. The van der Waals surface area contributed by atoms with Crippen LogP contribution in [0, 0.1) is 19.8 Å². The molecule has 0 bridgehead atoms. The third kappa shape index (κ3) is 2.98. The molecule has 1 rings (SSSR count). The maximum Gasteiger partial charge on any atom is 0.0827 e. The number of anilines is 1. The lowest BCUT2D eigenvalue weighted by Gasteiger charge is -2.17. The van der Waals surface area contributed by atoms with Gasteiger partial charge in [-0.15, -0.1) is 0 Å². The fourth-order valence-corrected chi connectivity index (χ4v) is 1.99. The van der Waals surface area contributed by atoms with E-state index in [9.17, 15) is 0 Å². The molecule has 0 radical (unpaired) electrons. The molecular weight excluding hydrogens is 186 g/mol. The van der Waals surface area contributed by atoms with Crippen molar-refractivity contribution in [1.82, 2.24) is 9.78 Å². The Labute approximate surface area is 92.9 Å². The number of nitrogens with zero attached hydrogens (tertiary/aromatic N) is 2. The number of hydrogen-bond donors (Lipinski definition) is 1. The van der Waals surface area contributed by atoms with Crippen LogP contribution in [0.5, 0.6) is 0 Å². The van der Waals surface area contributed by atoms with Gasteiger partial charge >= 0.3 is 0 Å². The van der Waals surface area contributed by atoms with Crippen LogP contribution in [0.25, 0.3) is 0 Å². The summed E-state index contributed by atoms with van der Waals surface area (Å²) in [6, 6.07) is 0.506. The molecule has 0 amide bonds. The molecular formula is C12H23N3. The number of hydrogen-bond acceptors (Lipinski definition) is 2. The van der Waals surface area contributed by atoms with Gasteiger partial charge in [-0.1, -0.05) is 13.8 Å². The van der Waals surface area contributed by atoms with Crippen molar-refractivity contribution in [2.45, 2.75) is 47.1 Å². The molecule has 0 saturated carbocycles. The van der Waals surface area contributed by atoms with E-state index in [0.717, 1.165) is 11.6 Å². The minimum absolute atomic E-state index is 0.506. The van der Waals surface area contributed by atoms with Crippen molar-refractivity contribution >= 4 is 5.69 Å². The summed E-state index contributed by atoms with van der Waals surface area (Å²) in [4.78, 5) is 0. The first-order valence-corrected chi connectivity index (χ1v) is 5.68. The highest BCUT2D eigenvalue weighted by Gasteiger charge is 2.12. The predicted octanol–water partition coefficient (Wildman–Crippen LogP) is 2.88. The molecule has 1 aromatic heterocycles. The molecule has 0 fully saturated rings. The van der Waals surface area contributed by atoms with E-state index < -0.39 is 0 Å². The van der Waals surface area contributed by atoms with Crippen molar-refractivity contribution in [2.24, 2.45) is 13.0 Å². The Balaban J connectivity index is 2.71. The monoisotopic (exact) mass is 209 g/mol. The molecule has 1 aromatic rings. The molecule has 0 aromatic carbocycles. The Morgan fingerprint density at radius 1 is 1.27 bits per heavy atom. The van der Waals surface area contributed by atoms with E-state index in [0.29, 0.717) is 6.04 Å². The summed E-state index contributed by atoms with van der Waals surface area (Å²) in [5, 5.41) is 7.94. The van der Waals surface area contributed by atoms with Gasteiger partial charge in [0.15, 0.2) is 0 Å². The van der Waals surface area contributed by atoms with Gasteiger partial charge in [0.2, 0.25) is 0 Å². The van der Waals surface area contributed by atoms with Crippen molar-refractivity contribution in [3.63, 3.8) is 0 Å². The van der Waals surface area contributed by atoms with Gasteiger partial charge < -0.3 is 5.32 Å². The topological polar surface area (TPSA) is 29.9 Å². The summed E-state index contributed by atoms with van der Waals surface area (Å²) in [5.41, 5.74) is 3.50. The quantitative estimate of drug-likeness (QED) is 0.826. The van der Waals surface area contributed by atoms with Crippen LogP contribution in [0.1, 0.15) is 38.6 Å². The average Bonchev–Trinajstić information content (AvgIpc) is 2.31. The van der Waals surface area contributed by atoms with Crippen LogP contribution in [-0.4, -0.2) is 15.8 Å². The summed E-state index contributed by atoms with van der Waals surface area (Å²) in [7, 11) is 1.99. The molecule has 3 nitrogen and oxygen atoms in total. The molecule has 1 atom stereocenters. The van der Waals surface area contributed by atoms with E-state index in [1.165, 1.54) is 17.8 Å². The first kappa shape index (κ1) is 12.1. The van der Waals surface area contributed by atoms with Crippen molar-refractivity contribution in [3.8, 4) is 0 Å². The highest BCUT2D eigenvalue weighted by Crippen LogP contribution is 2.20. The van der Waals surface area contributed by atoms with E-state index >= 15 is 0 Å². The van der Waals surface area contributed by atoms with Gasteiger partial charge in [-0.2, -0.15) is 5.10 Å². The Kier molecular flexibility index (Phi) is 3.77. The average molecular weight is 209 g/mol. The van der Waals surface area contributed by atoms with Gasteiger partial charge in [0.1, 0.15) is 0 Å². The second-order valence-corrected chi connectivity index (χ2v) is 4.84. The van der Waals surface area contributed by atoms with Crippen LogP contribution >= 0.6 is 0 Å². The smallest absolute Gasteiger partial charge is 0.0827 e. The molecule has 0 saturated heterocycles. The van der Waals surface area contributed by atoms with Gasteiger partial charge in [-0.05, 0) is 33.1 Å². The highest BCUT2D eigenvalue weighted by atomic mass is 15.3. The van der Waals surface area contributed by atoms with E-state index in [1.54, 1.807) is 0 Å². The minimum Gasteiger partial charge on any atom is -0.380 e. The molecule has 1 unspecified atom stereocenters. The first-order valence-electron chi connectivity index (χ1n) is 5.68. The summed E-state index contributed by atoms with van der Waals surface area (Å²) < 4.78 is 1.93. The number of aryl methyl sites for hydroxylation is 2. The Morgan fingerprint density at radius 3 is 2.27 bits per heavy atom. The zero-order valence-corrected chi connectivity index (χ0v) is 10.8. The second-order valence-electron chi connectivity index (χ2n) is 4.84. The maximum absolute atomic E-state index is 4.40. The van der Waals surface area contributed by atoms with Crippen LogP contribution < -0.4 is 5.32 Å². The van der Waals surface area contributed by atoms with E-state index in [1.807, 2.05) is 11.7 Å². The van der Waals surface area contributed by atoms with Gasteiger partial charge in [-0.3, -0.25) is 4.68 Å². The standard InChI is InChI=1S/C12H23N3/c1-8(2)7-9(3)13-12-10(4)14-15(6)11(12)5/h8-9,13H,7H2,1-6H3. The van der Waals surface area contributed by atoms with Gasteiger partial charge in [0.25, 0.3) is 0 Å². The molecule has 86 valence electrons. The van der Waals surface area contributed by atoms with Crippen LogP contribution in [0.15, 0.2) is 0 Å². The third-order valence-electron chi connectivity index (χ3n) is 2.72. The molecule has 1 N–H and O–H groups in total. The predicted molar refractivity (Wildman–Crippen MR) is 65.2 cm³/mol. The second kappa shape index (κ2) is 4.69. The molecule has 0 aliphatic carbocycles. The van der Waals surface area contributed by atoms with Gasteiger partial charge in [0, 0.05) is 13.1 Å². The zero-order chi connectivity index (χ0) is 11.6. The molecule has 15 heavy (non-hydrogen) atoms. The largest absolute Gasteiger partial charge is 0.380 e. The summed E-state index contributed by atoms with van der Waals surface area (Å²) in [5.74, 6) is 0.727. The zero-order valence-electron chi connectivity index (χ0n) is 10.8. The van der Waals surface area contributed by atoms with E-state index in [4.69, 9.17) is 0 Å². The molecule has 0 spiro atoms. The van der Waals surface area contributed by atoms with E-state index in [2.05, 4.69) is 45.0 Å². The van der Waals surface area contributed by atoms with Gasteiger partial charge in [0.05, 0.1) is 17.1 Å². The Bertz CT molecular complexity index is 326. The van der Waals surface area contributed by atoms with Crippen molar-refractivity contribution < 1.29 is 0 Å². The Hall–Kier alpha value is -0.990. The van der Waals surface area contributed by atoms with Crippen molar-refractivity contribution in [1.29, 1.82) is 0 Å². The fraction of sp³-hybridized carbons (Fsp3) is 0.750. The summed E-state index contributed by atoms with van der Waals surface area (Å²) >= 11 is 0. The molecule has 1 heterocycles. The van der Waals surface area contributed by atoms with Crippen molar-refractivity contribution in [3.05, 3.63) is 11.4 Å². The number of rotatable bonds is 4. The van der Waals surface area contributed by atoms with Gasteiger partial charge in [-0.25, -0.2) is 0 Å². The van der Waals surface area contributed by atoms with Crippen molar-refractivity contribution in [2.75, 3.05) is 5.32 Å². The lowest BCUT2D eigenvalue weighted by Crippen LogP contribution is -2.18. The number of nitrogens with one attached hydrogen (secondary N) is 1. The summed E-state index contributed by atoms with van der Waals surface area (Å²) in [6.45, 7) is 10.9. The maximum atomic E-state index is 4.40. The number of aromatic nitrogens is 2. The highest BCUT2D eigenvalue weighted by molar-refractivity contribution is 5.52. The normalized spacial score (nSPS) is 13.3. The lowest BCUT2D eigenvalue weighted by atomic mass is 10.0. The van der Waals surface area contributed by atoms with Crippen LogP contribution in [-0.2, 0) is 7.05 Å². The first-order chi connectivity index (χ1) is 6.91.